The van der Waals surface area contributed by atoms with Crippen LogP contribution in [0.15, 0.2) is 36.4 Å². The molecule has 0 bridgehead atoms. The zero-order valence-electron chi connectivity index (χ0n) is 9.87. The molecular weight excluding hydrogens is 229 g/mol. The van der Waals surface area contributed by atoms with Gasteiger partial charge in [0.25, 0.3) is 0 Å². The van der Waals surface area contributed by atoms with Crippen LogP contribution in [-0.2, 0) is 0 Å². The van der Waals surface area contributed by atoms with Gasteiger partial charge in [0, 0.05) is 0 Å². The third-order valence-corrected chi connectivity index (χ3v) is 2.62. The third-order valence-electron chi connectivity index (χ3n) is 2.62. The highest BCUT2D eigenvalue weighted by Crippen LogP contribution is 2.27. The van der Waals surface area contributed by atoms with E-state index in [2.05, 4.69) is 5.32 Å². The van der Waals surface area contributed by atoms with Crippen molar-refractivity contribution in [1.82, 2.24) is 0 Å². The first-order valence-electron chi connectivity index (χ1n) is 5.43. The molecular formula is C14H12FN3. The number of benzene rings is 2. The van der Waals surface area contributed by atoms with Crippen LogP contribution < -0.4 is 11.1 Å². The molecule has 2 aromatic rings. The Labute approximate surface area is 105 Å². The quantitative estimate of drug-likeness (QED) is 0.793. The molecule has 0 fully saturated rings. The van der Waals surface area contributed by atoms with Gasteiger partial charge in [-0.3, -0.25) is 0 Å². The summed E-state index contributed by atoms with van der Waals surface area (Å²) in [6.45, 7) is 1.82. The maximum absolute atomic E-state index is 13.7. The van der Waals surface area contributed by atoms with E-state index >= 15 is 0 Å². The van der Waals surface area contributed by atoms with Crippen molar-refractivity contribution in [3.63, 3.8) is 0 Å². The summed E-state index contributed by atoms with van der Waals surface area (Å²) in [5, 5.41) is 11.8. The lowest BCUT2D eigenvalue weighted by Gasteiger charge is -2.11. The van der Waals surface area contributed by atoms with E-state index in [1.54, 1.807) is 30.3 Å². The summed E-state index contributed by atoms with van der Waals surface area (Å²) >= 11 is 0. The fraction of sp³-hybridized carbons (Fsp3) is 0.0714. The number of hydrogen-bond acceptors (Lipinski definition) is 3. The van der Waals surface area contributed by atoms with Crippen LogP contribution in [0.4, 0.5) is 21.5 Å². The van der Waals surface area contributed by atoms with Crippen LogP contribution in [0.1, 0.15) is 11.1 Å². The maximum Gasteiger partial charge on any atom is 0.146 e. The van der Waals surface area contributed by atoms with Crippen molar-refractivity contribution >= 4 is 17.1 Å². The molecule has 90 valence electrons. The Morgan fingerprint density at radius 3 is 2.67 bits per heavy atom. The average molecular weight is 241 g/mol. The minimum Gasteiger partial charge on any atom is -0.396 e. The molecule has 0 aliphatic rings. The lowest BCUT2D eigenvalue weighted by atomic mass is 10.1. The first-order chi connectivity index (χ1) is 8.61. The Balaban J connectivity index is 2.38. The Hall–Kier alpha value is -2.54. The summed E-state index contributed by atoms with van der Waals surface area (Å²) in [6, 6.07) is 11.9. The predicted molar refractivity (Wildman–Crippen MR) is 70.0 cm³/mol. The van der Waals surface area contributed by atoms with Crippen molar-refractivity contribution in [3.05, 3.63) is 53.3 Å². The molecule has 2 aromatic carbocycles. The van der Waals surface area contributed by atoms with Gasteiger partial charge in [-0.05, 0) is 36.8 Å². The predicted octanol–water partition coefficient (Wildman–Crippen LogP) is 3.33. The molecule has 0 heterocycles. The molecule has 0 unspecified atom stereocenters. The smallest absolute Gasteiger partial charge is 0.146 e. The first-order valence-corrected chi connectivity index (χ1v) is 5.43. The van der Waals surface area contributed by atoms with Crippen molar-refractivity contribution in [2.24, 2.45) is 0 Å². The molecule has 2 rings (SSSR count). The highest BCUT2D eigenvalue weighted by Gasteiger charge is 2.07. The van der Waals surface area contributed by atoms with Gasteiger partial charge in [0.15, 0.2) is 0 Å². The highest BCUT2D eigenvalue weighted by molar-refractivity contribution is 5.77. The van der Waals surface area contributed by atoms with E-state index in [4.69, 9.17) is 11.0 Å². The first kappa shape index (κ1) is 11.9. The van der Waals surface area contributed by atoms with Crippen molar-refractivity contribution in [2.45, 2.75) is 6.92 Å². The number of nitrogen functional groups attached to an aromatic ring is 1. The van der Waals surface area contributed by atoms with E-state index in [-0.39, 0.29) is 5.82 Å². The topological polar surface area (TPSA) is 61.8 Å². The number of halogens is 1. The molecule has 18 heavy (non-hydrogen) atoms. The molecule has 0 aliphatic heterocycles. The fourth-order valence-electron chi connectivity index (χ4n) is 1.64. The highest BCUT2D eigenvalue weighted by atomic mass is 19.1. The van der Waals surface area contributed by atoms with E-state index in [9.17, 15) is 4.39 Å². The SMILES string of the molecule is Cc1ccc(Nc2cccc(C#N)c2N)c(F)c1. The van der Waals surface area contributed by atoms with E-state index in [1.165, 1.54) is 6.07 Å². The van der Waals surface area contributed by atoms with Crippen molar-refractivity contribution in [3.8, 4) is 6.07 Å². The second-order valence-corrected chi connectivity index (χ2v) is 3.99. The molecule has 0 atom stereocenters. The average Bonchev–Trinajstić information content (AvgIpc) is 2.35. The molecule has 3 nitrogen and oxygen atoms in total. The number of nitrogens with one attached hydrogen (secondary N) is 1. The van der Waals surface area contributed by atoms with Crippen LogP contribution >= 0.6 is 0 Å². The molecule has 0 aliphatic carbocycles. The molecule has 0 saturated carbocycles. The van der Waals surface area contributed by atoms with Gasteiger partial charge in [0.1, 0.15) is 11.9 Å². The maximum atomic E-state index is 13.7. The molecule has 0 saturated heterocycles. The molecule has 4 heteroatoms. The largest absolute Gasteiger partial charge is 0.396 e. The van der Waals surface area contributed by atoms with Gasteiger partial charge in [0.05, 0.1) is 22.6 Å². The van der Waals surface area contributed by atoms with Gasteiger partial charge < -0.3 is 11.1 Å². The van der Waals surface area contributed by atoms with Crippen LogP contribution in [0.25, 0.3) is 0 Å². The Bertz CT molecular complexity index is 629. The van der Waals surface area contributed by atoms with Crippen LogP contribution in [0.3, 0.4) is 0 Å². The number of hydrogen-bond donors (Lipinski definition) is 2. The van der Waals surface area contributed by atoms with Gasteiger partial charge in [-0.1, -0.05) is 12.1 Å². The zero-order valence-corrected chi connectivity index (χ0v) is 9.87. The van der Waals surface area contributed by atoms with E-state index in [0.29, 0.717) is 22.6 Å². The third kappa shape index (κ3) is 2.25. The summed E-state index contributed by atoms with van der Waals surface area (Å²) in [7, 11) is 0. The summed E-state index contributed by atoms with van der Waals surface area (Å²) < 4.78 is 13.7. The number of nitrogens with two attached hydrogens (primary N) is 1. The summed E-state index contributed by atoms with van der Waals surface area (Å²) in [5.41, 5.74) is 8.21. The summed E-state index contributed by atoms with van der Waals surface area (Å²) in [4.78, 5) is 0. The fourth-order valence-corrected chi connectivity index (χ4v) is 1.64. The zero-order chi connectivity index (χ0) is 13.1. The van der Waals surface area contributed by atoms with Crippen LogP contribution in [0, 0.1) is 24.1 Å². The van der Waals surface area contributed by atoms with Crippen LogP contribution in [-0.4, -0.2) is 0 Å². The van der Waals surface area contributed by atoms with Gasteiger partial charge >= 0.3 is 0 Å². The number of para-hydroxylation sites is 1. The molecule has 0 radical (unpaired) electrons. The number of aryl methyl sites for hydroxylation is 1. The van der Waals surface area contributed by atoms with Crippen LogP contribution in [0.2, 0.25) is 0 Å². The normalized spacial score (nSPS) is 9.83. The molecule has 0 aromatic heterocycles. The van der Waals surface area contributed by atoms with Gasteiger partial charge in [-0.25, -0.2) is 4.39 Å². The minimum absolute atomic E-state index is 0.319. The summed E-state index contributed by atoms with van der Waals surface area (Å²) in [6.07, 6.45) is 0. The lowest BCUT2D eigenvalue weighted by molar-refractivity contribution is 0.631. The Morgan fingerprint density at radius 1 is 1.22 bits per heavy atom. The van der Waals surface area contributed by atoms with Crippen molar-refractivity contribution in [2.75, 3.05) is 11.1 Å². The molecule has 0 amide bonds. The Morgan fingerprint density at radius 2 is 2.00 bits per heavy atom. The van der Waals surface area contributed by atoms with Gasteiger partial charge in [-0.15, -0.1) is 0 Å². The standard InChI is InChI=1S/C14H12FN3/c1-9-5-6-12(11(15)7-9)18-13-4-2-3-10(8-16)14(13)17/h2-7,18H,17H2,1H3. The number of nitrogens with zero attached hydrogens (tertiary/aromatic N) is 1. The van der Waals surface area contributed by atoms with Gasteiger partial charge in [0.2, 0.25) is 0 Å². The van der Waals surface area contributed by atoms with Crippen molar-refractivity contribution in [1.29, 1.82) is 5.26 Å². The van der Waals surface area contributed by atoms with Crippen LogP contribution in [0.5, 0.6) is 0 Å². The molecule has 0 spiro atoms. The van der Waals surface area contributed by atoms with E-state index in [1.807, 2.05) is 13.0 Å². The number of nitriles is 1. The second-order valence-electron chi connectivity index (χ2n) is 3.99. The monoisotopic (exact) mass is 241 g/mol. The van der Waals surface area contributed by atoms with Gasteiger partial charge in [-0.2, -0.15) is 5.26 Å². The van der Waals surface area contributed by atoms with E-state index < -0.39 is 0 Å². The van der Waals surface area contributed by atoms with Crippen molar-refractivity contribution < 1.29 is 4.39 Å². The summed E-state index contributed by atoms with van der Waals surface area (Å²) in [5.74, 6) is -0.350. The number of rotatable bonds is 2. The second kappa shape index (κ2) is 4.76. The molecule has 3 N–H and O–H groups in total. The lowest BCUT2D eigenvalue weighted by Crippen LogP contribution is -2.00. The van der Waals surface area contributed by atoms with E-state index in [0.717, 1.165) is 5.56 Å². The Kier molecular flexibility index (Phi) is 3.16. The minimum atomic E-state index is -0.350. The number of anilines is 3.